The van der Waals surface area contributed by atoms with Gasteiger partial charge in [0.25, 0.3) is 0 Å². The number of nitrogens with one attached hydrogen (secondary N) is 1. The van der Waals surface area contributed by atoms with Crippen LogP contribution >= 0.6 is 0 Å². The number of nitriles is 1. The average molecular weight is 182 g/mol. The van der Waals surface area contributed by atoms with E-state index in [9.17, 15) is 4.79 Å². The van der Waals surface area contributed by atoms with Crippen molar-refractivity contribution in [2.24, 2.45) is 5.41 Å². The SMILES string of the molecule is CC(O)CNC(=O)C1(C#N)CCC1. The molecule has 0 aromatic rings. The van der Waals surface area contributed by atoms with E-state index in [1.165, 1.54) is 0 Å². The zero-order chi connectivity index (χ0) is 9.90. The van der Waals surface area contributed by atoms with E-state index >= 15 is 0 Å². The Morgan fingerprint density at radius 3 is 2.69 bits per heavy atom. The number of hydrogen-bond acceptors (Lipinski definition) is 3. The van der Waals surface area contributed by atoms with Crippen molar-refractivity contribution in [2.45, 2.75) is 32.3 Å². The van der Waals surface area contributed by atoms with E-state index in [-0.39, 0.29) is 12.5 Å². The molecule has 0 aromatic carbocycles. The number of amides is 1. The van der Waals surface area contributed by atoms with Gasteiger partial charge in [0.1, 0.15) is 5.41 Å². The van der Waals surface area contributed by atoms with E-state index in [1.54, 1.807) is 6.92 Å². The second-order valence-corrected chi connectivity index (χ2v) is 3.61. The molecule has 1 aliphatic carbocycles. The van der Waals surface area contributed by atoms with Crippen LogP contribution in [0.3, 0.4) is 0 Å². The summed E-state index contributed by atoms with van der Waals surface area (Å²) in [6.07, 6.45) is 1.68. The van der Waals surface area contributed by atoms with Gasteiger partial charge in [-0.05, 0) is 26.2 Å². The molecule has 0 saturated heterocycles. The summed E-state index contributed by atoms with van der Waals surface area (Å²) in [6, 6.07) is 2.04. The Bertz CT molecular complexity index is 238. The quantitative estimate of drug-likeness (QED) is 0.653. The lowest BCUT2D eigenvalue weighted by molar-refractivity contribution is -0.132. The largest absolute Gasteiger partial charge is 0.392 e. The Balaban J connectivity index is 2.43. The van der Waals surface area contributed by atoms with Crippen molar-refractivity contribution in [1.29, 1.82) is 5.26 Å². The molecular weight excluding hydrogens is 168 g/mol. The van der Waals surface area contributed by atoms with Crippen molar-refractivity contribution in [3.63, 3.8) is 0 Å². The first-order chi connectivity index (χ1) is 6.10. The molecule has 0 aliphatic heterocycles. The average Bonchev–Trinajstić information content (AvgIpc) is 2.00. The lowest BCUT2D eigenvalue weighted by Gasteiger charge is -2.33. The third-order valence-electron chi connectivity index (χ3n) is 2.41. The highest BCUT2D eigenvalue weighted by Crippen LogP contribution is 2.40. The summed E-state index contributed by atoms with van der Waals surface area (Å²) in [6.45, 7) is 1.82. The number of carbonyl (C=O) groups excluding carboxylic acids is 1. The lowest BCUT2D eigenvalue weighted by atomic mass is 9.69. The second kappa shape index (κ2) is 3.75. The maximum absolute atomic E-state index is 11.4. The number of hydrogen-bond donors (Lipinski definition) is 2. The third kappa shape index (κ3) is 1.99. The van der Waals surface area contributed by atoms with Crippen molar-refractivity contribution in [3.8, 4) is 6.07 Å². The van der Waals surface area contributed by atoms with Gasteiger partial charge in [-0.25, -0.2) is 0 Å². The zero-order valence-electron chi connectivity index (χ0n) is 7.71. The van der Waals surface area contributed by atoms with Crippen molar-refractivity contribution in [2.75, 3.05) is 6.54 Å². The van der Waals surface area contributed by atoms with Crippen LogP contribution in [0.4, 0.5) is 0 Å². The fourth-order valence-corrected chi connectivity index (χ4v) is 1.33. The molecule has 1 aliphatic rings. The van der Waals surface area contributed by atoms with Crippen LogP contribution in [0.5, 0.6) is 0 Å². The van der Waals surface area contributed by atoms with Gasteiger partial charge in [-0.3, -0.25) is 4.79 Å². The number of aliphatic hydroxyl groups excluding tert-OH is 1. The Kier molecular flexibility index (Phi) is 2.89. The summed E-state index contributed by atoms with van der Waals surface area (Å²) in [5.74, 6) is -0.234. The molecule has 1 unspecified atom stereocenters. The summed E-state index contributed by atoms with van der Waals surface area (Å²) in [5, 5.41) is 20.3. The summed E-state index contributed by atoms with van der Waals surface area (Å²) in [5.41, 5.74) is -0.797. The van der Waals surface area contributed by atoms with Gasteiger partial charge in [-0.15, -0.1) is 0 Å². The van der Waals surface area contributed by atoms with Crippen LogP contribution in [0.2, 0.25) is 0 Å². The van der Waals surface area contributed by atoms with Crippen molar-refractivity contribution in [3.05, 3.63) is 0 Å². The number of aliphatic hydroxyl groups is 1. The topological polar surface area (TPSA) is 73.1 Å². The van der Waals surface area contributed by atoms with Crippen molar-refractivity contribution < 1.29 is 9.90 Å². The minimum absolute atomic E-state index is 0.224. The van der Waals surface area contributed by atoms with Gasteiger partial charge in [0, 0.05) is 6.54 Å². The van der Waals surface area contributed by atoms with Gasteiger partial charge in [0.2, 0.25) is 5.91 Å². The molecule has 13 heavy (non-hydrogen) atoms. The maximum atomic E-state index is 11.4. The minimum Gasteiger partial charge on any atom is -0.392 e. The highest BCUT2D eigenvalue weighted by molar-refractivity contribution is 5.86. The van der Waals surface area contributed by atoms with Crippen molar-refractivity contribution >= 4 is 5.91 Å². The molecule has 1 saturated carbocycles. The Morgan fingerprint density at radius 2 is 2.38 bits per heavy atom. The third-order valence-corrected chi connectivity index (χ3v) is 2.41. The van der Waals surface area contributed by atoms with E-state index in [4.69, 9.17) is 10.4 Å². The molecule has 0 radical (unpaired) electrons. The van der Waals surface area contributed by atoms with E-state index in [1.807, 2.05) is 6.07 Å². The molecule has 1 fully saturated rings. The van der Waals surface area contributed by atoms with E-state index < -0.39 is 11.5 Å². The molecule has 4 heteroatoms. The molecule has 4 nitrogen and oxygen atoms in total. The molecule has 2 N–H and O–H groups in total. The highest BCUT2D eigenvalue weighted by atomic mass is 16.3. The Labute approximate surface area is 77.6 Å². The zero-order valence-corrected chi connectivity index (χ0v) is 7.71. The van der Waals surface area contributed by atoms with Crippen LogP contribution in [-0.4, -0.2) is 23.7 Å². The molecule has 72 valence electrons. The fourth-order valence-electron chi connectivity index (χ4n) is 1.33. The second-order valence-electron chi connectivity index (χ2n) is 3.61. The first kappa shape index (κ1) is 10.0. The van der Waals surface area contributed by atoms with Gasteiger partial charge in [-0.2, -0.15) is 5.26 Å². The van der Waals surface area contributed by atoms with Crippen LogP contribution in [-0.2, 0) is 4.79 Å². The summed E-state index contributed by atoms with van der Waals surface area (Å²) >= 11 is 0. The standard InChI is InChI=1S/C9H14N2O2/c1-7(12)5-11-8(13)9(6-10)3-2-4-9/h7,12H,2-5H2,1H3,(H,11,13). The number of rotatable bonds is 3. The molecule has 0 heterocycles. The van der Waals surface area contributed by atoms with Crippen LogP contribution in [0.15, 0.2) is 0 Å². The van der Waals surface area contributed by atoms with Gasteiger partial charge in [0.05, 0.1) is 12.2 Å². The van der Waals surface area contributed by atoms with E-state index in [2.05, 4.69) is 5.32 Å². The summed E-state index contributed by atoms with van der Waals surface area (Å²) < 4.78 is 0. The Hall–Kier alpha value is -1.08. The normalized spacial score (nSPS) is 21.0. The molecule has 1 amide bonds. The Morgan fingerprint density at radius 1 is 1.77 bits per heavy atom. The van der Waals surface area contributed by atoms with Crippen LogP contribution < -0.4 is 5.32 Å². The molecule has 0 aromatic heterocycles. The van der Waals surface area contributed by atoms with Crippen LogP contribution in [0.1, 0.15) is 26.2 Å². The van der Waals surface area contributed by atoms with Gasteiger partial charge in [0.15, 0.2) is 0 Å². The van der Waals surface area contributed by atoms with Gasteiger partial charge < -0.3 is 10.4 Å². The molecule has 0 bridgehead atoms. The van der Waals surface area contributed by atoms with Crippen LogP contribution in [0, 0.1) is 16.7 Å². The predicted octanol–water partition coefficient (Wildman–Crippen LogP) is 0.177. The van der Waals surface area contributed by atoms with Gasteiger partial charge in [-0.1, -0.05) is 0 Å². The monoisotopic (exact) mass is 182 g/mol. The van der Waals surface area contributed by atoms with E-state index in [0.717, 1.165) is 6.42 Å². The van der Waals surface area contributed by atoms with Crippen molar-refractivity contribution in [1.82, 2.24) is 5.32 Å². The number of carbonyl (C=O) groups is 1. The molecular formula is C9H14N2O2. The highest BCUT2D eigenvalue weighted by Gasteiger charge is 2.44. The molecule has 1 rings (SSSR count). The molecule has 1 atom stereocenters. The predicted molar refractivity (Wildman–Crippen MR) is 46.6 cm³/mol. The fraction of sp³-hybridized carbons (Fsp3) is 0.778. The van der Waals surface area contributed by atoms with E-state index in [0.29, 0.717) is 12.8 Å². The summed E-state index contributed by atoms with van der Waals surface area (Å²) in [7, 11) is 0. The van der Waals surface area contributed by atoms with Gasteiger partial charge >= 0.3 is 0 Å². The van der Waals surface area contributed by atoms with Crippen LogP contribution in [0.25, 0.3) is 0 Å². The first-order valence-corrected chi connectivity index (χ1v) is 4.48. The summed E-state index contributed by atoms with van der Waals surface area (Å²) in [4.78, 5) is 11.4. The smallest absolute Gasteiger partial charge is 0.240 e. The number of nitrogens with zero attached hydrogens (tertiary/aromatic N) is 1. The maximum Gasteiger partial charge on any atom is 0.240 e. The lowest BCUT2D eigenvalue weighted by Crippen LogP contribution is -2.46. The molecule has 0 spiro atoms. The first-order valence-electron chi connectivity index (χ1n) is 4.48. The minimum atomic E-state index is -0.797.